The van der Waals surface area contributed by atoms with E-state index in [1.54, 1.807) is 0 Å². The van der Waals surface area contributed by atoms with Crippen LogP contribution in [0.15, 0.2) is 28.9 Å². The zero-order chi connectivity index (χ0) is 12.4. The molecule has 0 saturated carbocycles. The number of H-pyrrole nitrogens is 1. The minimum Gasteiger partial charge on any atom is -0.322 e. The third kappa shape index (κ3) is 2.55. The molecule has 0 bridgehead atoms. The van der Waals surface area contributed by atoms with E-state index < -0.39 is 0 Å². The lowest BCUT2D eigenvalue weighted by atomic mass is 10.2. The molecule has 0 aliphatic heterocycles. The highest BCUT2D eigenvalue weighted by atomic mass is 79.9. The van der Waals surface area contributed by atoms with Crippen LogP contribution in [0.3, 0.4) is 0 Å². The summed E-state index contributed by atoms with van der Waals surface area (Å²) < 4.78 is 0.993. The number of hydrogen-bond donors (Lipinski definition) is 2. The molecule has 1 heterocycles. The SMILES string of the molecule is Cc1cc(Br)ccc1NC(=O)c1cn[nH]c1C. The summed E-state index contributed by atoms with van der Waals surface area (Å²) in [6.07, 6.45) is 1.53. The molecule has 0 fully saturated rings. The second-order valence-electron chi connectivity index (χ2n) is 3.82. The summed E-state index contributed by atoms with van der Waals surface area (Å²) in [5, 5.41) is 9.43. The van der Waals surface area contributed by atoms with E-state index in [0.717, 1.165) is 21.4 Å². The summed E-state index contributed by atoms with van der Waals surface area (Å²) in [6.45, 7) is 3.76. The molecule has 88 valence electrons. The topological polar surface area (TPSA) is 57.8 Å². The molecule has 2 aromatic rings. The van der Waals surface area contributed by atoms with Gasteiger partial charge in [0, 0.05) is 15.9 Å². The van der Waals surface area contributed by atoms with Gasteiger partial charge in [0.05, 0.1) is 11.8 Å². The number of hydrogen-bond acceptors (Lipinski definition) is 2. The monoisotopic (exact) mass is 293 g/mol. The minimum absolute atomic E-state index is 0.151. The van der Waals surface area contributed by atoms with Gasteiger partial charge in [-0.3, -0.25) is 9.89 Å². The molecule has 0 aliphatic carbocycles. The number of carbonyl (C=O) groups excluding carboxylic acids is 1. The van der Waals surface area contributed by atoms with Crippen LogP contribution < -0.4 is 5.32 Å². The third-order valence-electron chi connectivity index (χ3n) is 2.51. The first kappa shape index (κ1) is 11.9. The molecular weight excluding hydrogens is 282 g/mol. The first-order valence-electron chi connectivity index (χ1n) is 5.15. The Bertz CT molecular complexity index is 563. The van der Waals surface area contributed by atoms with E-state index in [9.17, 15) is 4.79 Å². The van der Waals surface area contributed by atoms with Crippen molar-refractivity contribution in [2.24, 2.45) is 0 Å². The van der Waals surface area contributed by atoms with Gasteiger partial charge in [0.15, 0.2) is 0 Å². The number of nitrogens with zero attached hydrogens (tertiary/aromatic N) is 1. The van der Waals surface area contributed by atoms with Gasteiger partial charge in [-0.15, -0.1) is 0 Å². The van der Waals surface area contributed by atoms with Crippen molar-refractivity contribution in [1.29, 1.82) is 0 Å². The first-order chi connectivity index (χ1) is 8.08. The summed E-state index contributed by atoms with van der Waals surface area (Å²) in [7, 11) is 0. The average molecular weight is 294 g/mol. The highest BCUT2D eigenvalue weighted by Crippen LogP contribution is 2.20. The van der Waals surface area contributed by atoms with Crippen LogP contribution in [0.2, 0.25) is 0 Å². The lowest BCUT2D eigenvalue weighted by Crippen LogP contribution is -2.13. The van der Waals surface area contributed by atoms with Gasteiger partial charge >= 0.3 is 0 Å². The Hall–Kier alpha value is -1.62. The standard InChI is InChI=1S/C12H12BrN3O/c1-7-5-9(13)3-4-11(7)15-12(17)10-6-14-16-8(10)2/h3-6H,1-2H3,(H,14,16)(H,15,17). The van der Waals surface area contributed by atoms with Gasteiger partial charge in [0.1, 0.15) is 0 Å². The van der Waals surface area contributed by atoms with Gasteiger partial charge in [-0.1, -0.05) is 15.9 Å². The maximum Gasteiger partial charge on any atom is 0.259 e. The summed E-state index contributed by atoms with van der Waals surface area (Å²) >= 11 is 3.39. The molecule has 5 heteroatoms. The molecule has 17 heavy (non-hydrogen) atoms. The third-order valence-corrected chi connectivity index (χ3v) is 3.00. The largest absolute Gasteiger partial charge is 0.322 e. The highest BCUT2D eigenvalue weighted by Gasteiger charge is 2.11. The van der Waals surface area contributed by atoms with Crippen LogP contribution in [-0.2, 0) is 0 Å². The smallest absolute Gasteiger partial charge is 0.259 e. The van der Waals surface area contributed by atoms with Gasteiger partial charge < -0.3 is 5.32 Å². The van der Waals surface area contributed by atoms with Crippen LogP contribution in [-0.4, -0.2) is 16.1 Å². The number of nitrogens with one attached hydrogen (secondary N) is 2. The summed E-state index contributed by atoms with van der Waals surface area (Å²) in [5.41, 5.74) is 3.14. The summed E-state index contributed by atoms with van der Waals surface area (Å²) in [6, 6.07) is 5.72. The van der Waals surface area contributed by atoms with Crippen LogP contribution >= 0.6 is 15.9 Å². The van der Waals surface area contributed by atoms with Gasteiger partial charge in [-0.25, -0.2) is 0 Å². The lowest BCUT2D eigenvalue weighted by Gasteiger charge is -2.08. The molecule has 2 rings (SSSR count). The Morgan fingerprint density at radius 2 is 2.18 bits per heavy atom. The van der Waals surface area contributed by atoms with E-state index in [-0.39, 0.29) is 5.91 Å². The molecule has 4 nitrogen and oxygen atoms in total. The fourth-order valence-electron chi connectivity index (χ4n) is 1.54. The summed E-state index contributed by atoms with van der Waals surface area (Å²) in [5.74, 6) is -0.151. The molecule has 0 aliphatic rings. The van der Waals surface area contributed by atoms with E-state index in [4.69, 9.17) is 0 Å². The molecular formula is C12H12BrN3O. The number of aryl methyl sites for hydroxylation is 2. The van der Waals surface area contributed by atoms with Crippen LogP contribution in [0.1, 0.15) is 21.6 Å². The Morgan fingerprint density at radius 1 is 1.41 bits per heavy atom. The Labute approximate surface area is 108 Å². The lowest BCUT2D eigenvalue weighted by molar-refractivity contribution is 0.102. The maximum absolute atomic E-state index is 12.0. The molecule has 0 atom stereocenters. The molecule has 1 aromatic heterocycles. The zero-order valence-electron chi connectivity index (χ0n) is 9.54. The number of amides is 1. The van der Waals surface area contributed by atoms with Gasteiger partial charge in [-0.2, -0.15) is 5.10 Å². The average Bonchev–Trinajstić information content (AvgIpc) is 2.68. The quantitative estimate of drug-likeness (QED) is 0.894. The van der Waals surface area contributed by atoms with Crippen molar-refractivity contribution in [2.75, 3.05) is 5.32 Å². The molecule has 0 radical (unpaired) electrons. The maximum atomic E-state index is 12.0. The number of aromatic amines is 1. The van der Waals surface area contributed by atoms with E-state index in [2.05, 4.69) is 31.4 Å². The molecule has 2 N–H and O–H groups in total. The second-order valence-corrected chi connectivity index (χ2v) is 4.74. The Kier molecular flexibility index (Phi) is 3.28. The first-order valence-corrected chi connectivity index (χ1v) is 5.94. The van der Waals surface area contributed by atoms with E-state index in [1.165, 1.54) is 6.20 Å². The number of benzene rings is 1. The molecule has 1 amide bonds. The van der Waals surface area contributed by atoms with Crippen molar-refractivity contribution in [3.63, 3.8) is 0 Å². The predicted molar refractivity (Wildman–Crippen MR) is 70.2 cm³/mol. The van der Waals surface area contributed by atoms with Gasteiger partial charge in [-0.05, 0) is 37.6 Å². The van der Waals surface area contributed by atoms with Crippen LogP contribution in [0.25, 0.3) is 0 Å². The van der Waals surface area contributed by atoms with Crippen molar-refractivity contribution in [3.05, 3.63) is 45.7 Å². The molecule has 0 spiro atoms. The van der Waals surface area contributed by atoms with Crippen molar-refractivity contribution >= 4 is 27.5 Å². The number of carbonyl (C=O) groups is 1. The normalized spacial score (nSPS) is 10.3. The minimum atomic E-state index is -0.151. The number of anilines is 1. The molecule has 1 aromatic carbocycles. The second kappa shape index (κ2) is 4.71. The van der Waals surface area contributed by atoms with Crippen LogP contribution in [0, 0.1) is 13.8 Å². The fraction of sp³-hybridized carbons (Fsp3) is 0.167. The number of halogens is 1. The molecule has 0 saturated heterocycles. The van der Waals surface area contributed by atoms with Gasteiger partial charge in [0.2, 0.25) is 0 Å². The Morgan fingerprint density at radius 3 is 2.76 bits per heavy atom. The fourth-order valence-corrected chi connectivity index (χ4v) is 2.01. The predicted octanol–water partition coefficient (Wildman–Crippen LogP) is 3.04. The van der Waals surface area contributed by atoms with Crippen molar-refractivity contribution in [3.8, 4) is 0 Å². The number of aromatic nitrogens is 2. The van der Waals surface area contributed by atoms with E-state index in [0.29, 0.717) is 5.56 Å². The van der Waals surface area contributed by atoms with E-state index >= 15 is 0 Å². The zero-order valence-corrected chi connectivity index (χ0v) is 11.1. The van der Waals surface area contributed by atoms with Crippen LogP contribution in [0.4, 0.5) is 5.69 Å². The number of rotatable bonds is 2. The van der Waals surface area contributed by atoms with Crippen LogP contribution in [0.5, 0.6) is 0 Å². The molecule has 0 unspecified atom stereocenters. The van der Waals surface area contributed by atoms with Gasteiger partial charge in [0.25, 0.3) is 5.91 Å². The highest BCUT2D eigenvalue weighted by molar-refractivity contribution is 9.10. The van der Waals surface area contributed by atoms with Crippen molar-refractivity contribution in [2.45, 2.75) is 13.8 Å². The Balaban J connectivity index is 2.22. The summed E-state index contributed by atoms with van der Waals surface area (Å²) in [4.78, 5) is 12.0. The van der Waals surface area contributed by atoms with Crippen molar-refractivity contribution in [1.82, 2.24) is 10.2 Å². The van der Waals surface area contributed by atoms with E-state index in [1.807, 2.05) is 32.0 Å². The van der Waals surface area contributed by atoms with Crippen molar-refractivity contribution < 1.29 is 4.79 Å².